The maximum Gasteiger partial charge on any atom is 0.340 e. The third kappa shape index (κ3) is 7.30. The molecule has 118 valence electrons. The van der Waals surface area contributed by atoms with Gasteiger partial charge in [-0.3, -0.25) is 4.79 Å². The van der Waals surface area contributed by atoms with Crippen LogP contribution < -0.4 is 11.1 Å². The molecule has 0 aromatic rings. The fourth-order valence-electron chi connectivity index (χ4n) is 1.36. The molecule has 3 N–H and O–H groups in total. The highest BCUT2D eigenvalue weighted by Gasteiger charge is 2.32. The van der Waals surface area contributed by atoms with Crippen molar-refractivity contribution in [1.29, 1.82) is 0 Å². The van der Waals surface area contributed by atoms with Crippen molar-refractivity contribution < 1.29 is 23.9 Å². The molecular formula is C12H23ClN2O5. The third-order valence-corrected chi connectivity index (χ3v) is 2.27. The summed E-state index contributed by atoms with van der Waals surface area (Å²) < 4.78 is 9.43. The molecule has 1 amide bonds. The number of amides is 1. The Morgan fingerprint density at radius 1 is 1.05 bits per heavy atom. The molecular weight excluding hydrogens is 288 g/mol. The smallest absolute Gasteiger partial charge is 0.340 e. The minimum Gasteiger partial charge on any atom is -0.464 e. The Kier molecular flexibility index (Phi) is 12.0. The lowest BCUT2D eigenvalue weighted by Crippen LogP contribution is -2.53. The van der Waals surface area contributed by atoms with Crippen LogP contribution in [0.2, 0.25) is 0 Å². The molecule has 7 nitrogen and oxygen atoms in total. The first-order chi connectivity index (χ1) is 8.97. The third-order valence-electron chi connectivity index (χ3n) is 2.27. The maximum absolute atomic E-state index is 11.7. The number of carbonyl (C=O) groups excluding carboxylic acids is 3. The molecule has 0 aromatic heterocycles. The second-order valence-corrected chi connectivity index (χ2v) is 3.84. The molecule has 0 spiro atoms. The van der Waals surface area contributed by atoms with Crippen molar-refractivity contribution in [3.05, 3.63) is 0 Å². The standard InChI is InChI=1S/C12H22N2O5.ClH/c1-4-7-8(13)10(15)14-9(11(16)18-5-2)12(17)19-6-3;/h8-9H,4-7,13H2,1-3H3,(H,14,15);1H. The Bertz CT molecular complexity index is 307. The van der Waals surface area contributed by atoms with Gasteiger partial charge in [-0.15, -0.1) is 12.4 Å². The van der Waals surface area contributed by atoms with Crippen molar-refractivity contribution in [3.8, 4) is 0 Å². The van der Waals surface area contributed by atoms with Gasteiger partial charge in [0.05, 0.1) is 19.3 Å². The van der Waals surface area contributed by atoms with Gasteiger partial charge in [0.15, 0.2) is 0 Å². The second kappa shape index (κ2) is 11.5. The zero-order valence-electron chi connectivity index (χ0n) is 12.0. The number of hydrogen-bond donors (Lipinski definition) is 2. The van der Waals surface area contributed by atoms with Gasteiger partial charge in [0.25, 0.3) is 0 Å². The summed E-state index contributed by atoms with van der Waals surface area (Å²) in [6.07, 6.45) is 1.18. The first-order valence-corrected chi connectivity index (χ1v) is 6.37. The first kappa shape index (κ1) is 21.0. The molecule has 1 unspecified atom stereocenters. The predicted octanol–water partition coefficient (Wildman–Crippen LogP) is 0.147. The van der Waals surface area contributed by atoms with Crippen LogP contribution in [0.5, 0.6) is 0 Å². The summed E-state index contributed by atoms with van der Waals surface area (Å²) in [6.45, 7) is 5.29. The summed E-state index contributed by atoms with van der Waals surface area (Å²) in [5, 5.41) is 2.26. The van der Waals surface area contributed by atoms with Gasteiger partial charge in [0.1, 0.15) is 0 Å². The van der Waals surface area contributed by atoms with E-state index in [1.807, 2.05) is 6.92 Å². The summed E-state index contributed by atoms with van der Waals surface area (Å²) in [5.74, 6) is -2.27. The molecule has 0 aliphatic rings. The second-order valence-electron chi connectivity index (χ2n) is 3.84. The predicted molar refractivity (Wildman–Crippen MR) is 75.3 cm³/mol. The van der Waals surface area contributed by atoms with Crippen molar-refractivity contribution in [2.75, 3.05) is 13.2 Å². The molecule has 8 heteroatoms. The minimum atomic E-state index is -1.46. The summed E-state index contributed by atoms with van der Waals surface area (Å²) in [6, 6.07) is -2.23. The van der Waals surface area contributed by atoms with Crippen molar-refractivity contribution >= 4 is 30.3 Å². The summed E-state index contributed by atoms with van der Waals surface area (Å²) in [4.78, 5) is 34.9. The summed E-state index contributed by atoms with van der Waals surface area (Å²) in [7, 11) is 0. The SMILES string of the molecule is CCCC(N)C(=O)NC(C(=O)OCC)C(=O)OCC.Cl. The van der Waals surface area contributed by atoms with E-state index in [0.717, 1.165) is 6.42 Å². The van der Waals surface area contributed by atoms with E-state index < -0.39 is 29.9 Å². The van der Waals surface area contributed by atoms with Crippen LogP contribution in [0.4, 0.5) is 0 Å². The van der Waals surface area contributed by atoms with Gasteiger partial charge >= 0.3 is 11.9 Å². The fourth-order valence-corrected chi connectivity index (χ4v) is 1.36. The Labute approximate surface area is 125 Å². The molecule has 1 atom stereocenters. The number of ether oxygens (including phenoxy) is 2. The number of hydrogen-bond acceptors (Lipinski definition) is 6. The highest BCUT2D eigenvalue weighted by atomic mass is 35.5. The van der Waals surface area contributed by atoms with Crippen LogP contribution in [-0.2, 0) is 23.9 Å². The Morgan fingerprint density at radius 3 is 1.85 bits per heavy atom. The van der Waals surface area contributed by atoms with Gasteiger partial charge < -0.3 is 20.5 Å². The van der Waals surface area contributed by atoms with Crippen LogP contribution in [0.1, 0.15) is 33.6 Å². The lowest BCUT2D eigenvalue weighted by atomic mass is 10.1. The van der Waals surface area contributed by atoms with E-state index in [4.69, 9.17) is 15.2 Å². The van der Waals surface area contributed by atoms with Gasteiger partial charge in [-0.25, -0.2) is 9.59 Å². The number of carbonyl (C=O) groups is 3. The molecule has 0 fully saturated rings. The van der Waals surface area contributed by atoms with Gasteiger partial charge in [-0.1, -0.05) is 13.3 Å². The van der Waals surface area contributed by atoms with Crippen LogP contribution >= 0.6 is 12.4 Å². The van der Waals surface area contributed by atoms with Gasteiger partial charge in [0, 0.05) is 0 Å². The Hall–Kier alpha value is -1.34. The topological polar surface area (TPSA) is 108 Å². The molecule has 0 radical (unpaired) electrons. The van der Waals surface area contributed by atoms with E-state index in [1.165, 1.54) is 0 Å². The van der Waals surface area contributed by atoms with E-state index in [-0.39, 0.29) is 25.6 Å². The molecule has 0 rings (SSSR count). The number of rotatable bonds is 8. The van der Waals surface area contributed by atoms with Crippen molar-refractivity contribution in [2.45, 2.75) is 45.7 Å². The van der Waals surface area contributed by atoms with E-state index in [0.29, 0.717) is 6.42 Å². The number of nitrogens with two attached hydrogens (primary N) is 1. The number of nitrogens with one attached hydrogen (secondary N) is 1. The van der Waals surface area contributed by atoms with Crippen molar-refractivity contribution in [1.82, 2.24) is 5.32 Å². The quantitative estimate of drug-likeness (QED) is 0.488. The van der Waals surface area contributed by atoms with Crippen LogP contribution in [-0.4, -0.2) is 43.1 Å². The van der Waals surface area contributed by atoms with Crippen LogP contribution in [0, 0.1) is 0 Å². The normalized spacial score (nSPS) is 11.2. The molecule has 0 bridgehead atoms. The molecule has 0 aliphatic carbocycles. The molecule has 0 saturated heterocycles. The van der Waals surface area contributed by atoms with E-state index >= 15 is 0 Å². The zero-order valence-corrected chi connectivity index (χ0v) is 12.8. The number of esters is 2. The average molecular weight is 311 g/mol. The van der Waals surface area contributed by atoms with Gasteiger partial charge in [0.2, 0.25) is 11.9 Å². The van der Waals surface area contributed by atoms with Gasteiger partial charge in [-0.05, 0) is 20.3 Å². The average Bonchev–Trinajstić information content (AvgIpc) is 2.36. The fraction of sp³-hybridized carbons (Fsp3) is 0.750. The minimum absolute atomic E-state index is 0. The van der Waals surface area contributed by atoms with E-state index in [9.17, 15) is 14.4 Å². The Morgan fingerprint density at radius 2 is 1.50 bits per heavy atom. The first-order valence-electron chi connectivity index (χ1n) is 6.37. The van der Waals surface area contributed by atoms with Crippen LogP contribution in [0.25, 0.3) is 0 Å². The molecule has 20 heavy (non-hydrogen) atoms. The van der Waals surface area contributed by atoms with E-state index in [2.05, 4.69) is 5.32 Å². The largest absolute Gasteiger partial charge is 0.464 e. The lowest BCUT2D eigenvalue weighted by Gasteiger charge is -2.18. The van der Waals surface area contributed by atoms with Crippen molar-refractivity contribution in [3.63, 3.8) is 0 Å². The highest BCUT2D eigenvalue weighted by molar-refractivity contribution is 6.03. The molecule has 0 aromatic carbocycles. The Balaban J connectivity index is 0. The van der Waals surface area contributed by atoms with Gasteiger partial charge in [-0.2, -0.15) is 0 Å². The zero-order chi connectivity index (χ0) is 14.8. The van der Waals surface area contributed by atoms with Crippen LogP contribution in [0.3, 0.4) is 0 Å². The van der Waals surface area contributed by atoms with Crippen LogP contribution in [0.15, 0.2) is 0 Å². The summed E-state index contributed by atoms with van der Waals surface area (Å²) >= 11 is 0. The molecule has 0 saturated carbocycles. The summed E-state index contributed by atoms with van der Waals surface area (Å²) in [5.41, 5.74) is 5.61. The van der Waals surface area contributed by atoms with E-state index in [1.54, 1.807) is 13.8 Å². The monoisotopic (exact) mass is 310 g/mol. The maximum atomic E-state index is 11.7. The lowest BCUT2D eigenvalue weighted by molar-refractivity contribution is -0.159. The molecule has 0 aliphatic heterocycles. The molecule has 0 heterocycles. The van der Waals surface area contributed by atoms with Crippen molar-refractivity contribution in [2.24, 2.45) is 5.73 Å². The number of halogens is 1. The highest BCUT2D eigenvalue weighted by Crippen LogP contribution is 1.98.